The van der Waals surface area contributed by atoms with E-state index in [0.717, 1.165) is 5.56 Å². The Hall–Kier alpha value is -0.370. The number of rotatable bonds is 0. The minimum Gasteiger partial charge on any atom is -0.207 e. The van der Waals surface area contributed by atoms with Crippen LogP contribution in [0.1, 0.15) is 5.56 Å². The molecule has 0 aliphatic carbocycles. The summed E-state index contributed by atoms with van der Waals surface area (Å²) < 4.78 is 13.0. The number of benzene rings is 1. The number of aryl methyl sites for hydroxylation is 1. The molecule has 0 N–H and O–H groups in total. The van der Waals surface area contributed by atoms with Crippen LogP contribution in [0.15, 0.2) is 16.6 Å². The van der Waals surface area contributed by atoms with Gasteiger partial charge >= 0.3 is 0 Å². The van der Waals surface area contributed by atoms with Crippen molar-refractivity contribution in [2.24, 2.45) is 0 Å². The van der Waals surface area contributed by atoms with Crippen molar-refractivity contribution in [3.63, 3.8) is 0 Å². The first-order chi connectivity index (χ1) is 4.18. The minimum atomic E-state index is -0.224. The fourth-order valence-corrected chi connectivity index (χ4v) is 1.16. The van der Waals surface area contributed by atoms with Crippen LogP contribution < -0.4 is 0 Å². The third-order valence-corrected chi connectivity index (χ3v) is 1.36. The molecule has 47 valence electrons. The summed E-state index contributed by atoms with van der Waals surface area (Å²) in [4.78, 5) is 0. The van der Waals surface area contributed by atoms with Crippen LogP contribution in [0.25, 0.3) is 0 Å². The Labute approximate surface area is 61.8 Å². The molecule has 0 amide bonds. The van der Waals surface area contributed by atoms with Crippen LogP contribution in [0.2, 0.25) is 0 Å². The van der Waals surface area contributed by atoms with E-state index in [1.807, 2.05) is 0 Å². The van der Waals surface area contributed by atoms with Crippen LogP contribution in [0.5, 0.6) is 0 Å². The van der Waals surface area contributed by atoms with E-state index in [2.05, 4.69) is 22.0 Å². The highest BCUT2D eigenvalue weighted by atomic mass is 79.9. The molecule has 1 rings (SSSR count). The molecular formula is C7H5BrF. The highest BCUT2D eigenvalue weighted by molar-refractivity contribution is 9.10. The van der Waals surface area contributed by atoms with Gasteiger partial charge in [0.15, 0.2) is 0 Å². The summed E-state index contributed by atoms with van der Waals surface area (Å²) >= 11 is 3.12. The molecule has 0 nitrogen and oxygen atoms in total. The molecule has 0 aliphatic heterocycles. The van der Waals surface area contributed by atoms with Gasteiger partial charge in [-0.05, 0) is 24.6 Å². The summed E-state index contributed by atoms with van der Waals surface area (Å²) in [5, 5.41) is 0. The number of halogens is 2. The fourth-order valence-electron chi connectivity index (χ4n) is 0.630. The van der Waals surface area contributed by atoms with Gasteiger partial charge in [0.1, 0.15) is 5.82 Å². The van der Waals surface area contributed by atoms with Gasteiger partial charge in [0.2, 0.25) is 0 Å². The van der Waals surface area contributed by atoms with Crippen LogP contribution in [0.3, 0.4) is 0 Å². The van der Waals surface area contributed by atoms with Crippen molar-refractivity contribution in [2.45, 2.75) is 6.92 Å². The molecule has 0 atom stereocenters. The zero-order chi connectivity index (χ0) is 6.85. The second-order valence-corrected chi connectivity index (χ2v) is 2.68. The molecule has 0 aromatic heterocycles. The highest BCUT2D eigenvalue weighted by Crippen LogP contribution is 2.12. The minimum absolute atomic E-state index is 0.224. The van der Waals surface area contributed by atoms with Crippen molar-refractivity contribution in [1.29, 1.82) is 0 Å². The lowest BCUT2D eigenvalue weighted by molar-refractivity contribution is 0.625. The van der Waals surface area contributed by atoms with E-state index < -0.39 is 0 Å². The van der Waals surface area contributed by atoms with Gasteiger partial charge in [0.25, 0.3) is 0 Å². The summed E-state index contributed by atoms with van der Waals surface area (Å²) in [7, 11) is 0. The zero-order valence-corrected chi connectivity index (χ0v) is 6.50. The van der Waals surface area contributed by atoms with E-state index in [0.29, 0.717) is 4.47 Å². The average molecular weight is 188 g/mol. The molecule has 1 aromatic rings. The molecule has 1 radical (unpaired) electrons. The molecule has 0 saturated heterocycles. The SMILES string of the molecule is Cc1[c]c(Br)cc(F)c1. The molecule has 9 heavy (non-hydrogen) atoms. The summed E-state index contributed by atoms with van der Waals surface area (Å²) in [5.41, 5.74) is 0.807. The Morgan fingerprint density at radius 2 is 2.22 bits per heavy atom. The quantitative estimate of drug-likeness (QED) is 0.587. The second-order valence-electron chi connectivity index (χ2n) is 1.83. The van der Waals surface area contributed by atoms with E-state index in [1.165, 1.54) is 12.1 Å². The maximum absolute atomic E-state index is 12.4. The molecule has 0 fully saturated rings. The molecule has 0 aliphatic rings. The molecule has 1 aromatic carbocycles. The standard InChI is InChI=1S/C7H5BrF/c1-5-2-6(8)4-7(9)3-5/h3-4H,1H3. The van der Waals surface area contributed by atoms with Gasteiger partial charge in [0.05, 0.1) is 0 Å². The lowest BCUT2D eigenvalue weighted by atomic mass is 10.2. The predicted molar refractivity (Wildman–Crippen MR) is 37.7 cm³/mol. The predicted octanol–water partition coefficient (Wildman–Crippen LogP) is 2.70. The van der Waals surface area contributed by atoms with E-state index in [4.69, 9.17) is 0 Å². The first-order valence-corrected chi connectivity index (χ1v) is 3.33. The first-order valence-electron chi connectivity index (χ1n) is 2.53. The zero-order valence-electron chi connectivity index (χ0n) is 4.91. The van der Waals surface area contributed by atoms with E-state index >= 15 is 0 Å². The molecule has 0 saturated carbocycles. The lowest BCUT2D eigenvalue weighted by Crippen LogP contribution is -1.76. The normalized spacial score (nSPS) is 9.67. The lowest BCUT2D eigenvalue weighted by Gasteiger charge is -1.91. The van der Waals surface area contributed by atoms with Crippen molar-refractivity contribution < 1.29 is 4.39 Å². The molecule has 0 unspecified atom stereocenters. The number of hydrogen-bond donors (Lipinski definition) is 0. The summed E-state index contributed by atoms with van der Waals surface area (Å²) in [6, 6.07) is 5.70. The Morgan fingerprint density at radius 3 is 2.67 bits per heavy atom. The Morgan fingerprint density at radius 1 is 1.56 bits per heavy atom. The molecule has 0 spiro atoms. The first kappa shape index (κ1) is 6.75. The van der Waals surface area contributed by atoms with Gasteiger partial charge in [-0.25, -0.2) is 4.39 Å². The molecule has 0 bridgehead atoms. The smallest absolute Gasteiger partial charge is 0.124 e. The highest BCUT2D eigenvalue weighted by Gasteiger charge is 1.92. The summed E-state index contributed by atoms with van der Waals surface area (Å²) in [6.45, 7) is 1.80. The average Bonchev–Trinajstić information content (AvgIpc) is 1.59. The van der Waals surface area contributed by atoms with Crippen molar-refractivity contribution in [1.82, 2.24) is 0 Å². The van der Waals surface area contributed by atoms with Crippen LogP contribution in [0, 0.1) is 18.8 Å². The molecule has 2 heteroatoms. The van der Waals surface area contributed by atoms with Gasteiger partial charge in [0, 0.05) is 10.5 Å². The van der Waals surface area contributed by atoms with Gasteiger partial charge in [-0.1, -0.05) is 15.9 Å². The third kappa shape index (κ3) is 1.79. The third-order valence-electron chi connectivity index (χ3n) is 0.936. The maximum Gasteiger partial charge on any atom is 0.124 e. The van der Waals surface area contributed by atoms with E-state index in [9.17, 15) is 4.39 Å². The van der Waals surface area contributed by atoms with Gasteiger partial charge in [-0.3, -0.25) is 0 Å². The van der Waals surface area contributed by atoms with E-state index in [-0.39, 0.29) is 5.82 Å². The van der Waals surface area contributed by atoms with Crippen molar-refractivity contribution >= 4 is 15.9 Å². The largest absolute Gasteiger partial charge is 0.207 e. The van der Waals surface area contributed by atoms with E-state index in [1.54, 1.807) is 6.92 Å². The topological polar surface area (TPSA) is 0 Å². The van der Waals surface area contributed by atoms with Crippen LogP contribution in [-0.2, 0) is 0 Å². The number of hydrogen-bond acceptors (Lipinski definition) is 0. The Kier molecular flexibility index (Phi) is 1.86. The monoisotopic (exact) mass is 187 g/mol. The summed E-state index contributed by atoms with van der Waals surface area (Å²) in [6.07, 6.45) is 0. The summed E-state index contributed by atoms with van der Waals surface area (Å²) in [5.74, 6) is -0.224. The fraction of sp³-hybridized carbons (Fsp3) is 0.143. The van der Waals surface area contributed by atoms with Crippen molar-refractivity contribution in [2.75, 3.05) is 0 Å². The van der Waals surface area contributed by atoms with Gasteiger partial charge in [-0.15, -0.1) is 0 Å². The van der Waals surface area contributed by atoms with Gasteiger partial charge < -0.3 is 0 Å². The molecular weight excluding hydrogens is 183 g/mol. The van der Waals surface area contributed by atoms with Gasteiger partial charge in [-0.2, -0.15) is 0 Å². The second kappa shape index (κ2) is 2.48. The Balaban J connectivity index is 3.17. The Bertz CT molecular complexity index is 170. The maximum atomic E-state index is 12.4. The van der Waals surface area contributed by atoms with Crippen molar-refractivity contribution in [3.8, 4) is 0 Å². The van der Waals surface area contributed by atoms with Crippen LogP contribution in [0.4, 0.5) is 4.39 Å². The van der Waals surface area contributed by atoms with Crippen LogP contribution >= 0.6 is 15.9 Å². The van der Waals surface area contributed by atoms with Crippen molar-refractivity contribution in [3.05, 3.63) is 34.1 Å². The van der Waals surface area contributed by atoms with Crippen LogP contribution in [-0.4, -0.2) is 0 Å². The molecule has 0 heterocycles.